The Kier molecular flexibility index (Phi) is 24.0. The van der Waals surface area contributed by atoms with Crippen LogP contribution in [0.2, 0.25) is 0 Å². The fraction of sp³-hybridized carbons (Fsp3) is 0.680. The molecule has 0 spiro atoms. The minimum atomic E-state index is -0.0859. The smallest absolute Gasteiger partial charge is 0.126 e. The van der Waals surface area contributed by atoms with Crippen molar-refractivity contribution in [1.29, 1.82) is 0 Å². The van der Waals surface area contributed by atoms with Crippen LogP contribution < -0.4 is 0 Å². The van der Waals surface area contributed by atoms with Crippen LogP contribution in [0.4, 0.5) is 4.39 Å². The summed E-state index contributed by atoms with van der Waals surface area (Å²) < 4.78 is 13.2. The van der Waals surface area contributed by atoms with Gasteiger partial charge in [0.05, 0.1) is 0 Å². The molecule has 1 aromatic rings. The highest BCUT2D eigenvalue weighted by atomic mass is 19.1. The van der Waals surface area contributed by atoms with Crippen molar-refractivity contribution >= 4 is 0 Å². The predicted octanol–water partition coefficient (Wildman–Crippen LogP) is 8.24. The summed E-state index contributed by atoms with van der Waals surface area (Å²) in [6.07, 6.45) is 11.4. The summed E-state index contributed by atoms with van der Waals surface area (Å²) in [5.41, 5.74) is 3.32. The SMILES string of the molecule is C=C(C)CC.CC.CCCCC(CCCC)CCc1ccc(F)c(C)c1.O. The summed E-state index contributed by atoms with van der Waals surface area (Å²) in [6, 6.07) is 5.56. The average Bonchev–Trinajstić information content (AvgIpc) is 2.66. The Hall–Kier alpha value is -1.15. The van der Waals surface area contributed by atoms with E-state index in [1.165, 1.54) is 56.1 Å². The quantitative estimate of drug-likeness (QED) is 0.365. The van der Waals surface area contributed by atoms with Gasteiger partial charge in [0.2, 0.25) is 0 Å². The number of allylic oxidation sites excluding steroid dienone is 1. The van der Waals surface area contributed by atoms with Gasteiger partial charge in [-0.15, -0.1) is 6.58 Å². The van der Waals surface area contributed by atoms with E-state index in [2.05, 4.69) is 27.4 Å². The van der Waals surface area contributed by atoms with Crippen molar-refractivity contribution in [2.45, 2.75) is 106 Å². The van der Waals surface area contributed by atoms with E-state index in [0.29, 0.717) is 0 Å². The van der Waals surface area contributed by atoms with E-state index in [-0.39, 0.29) is 11.3 Å². The maximum absolute atomic E-state index is 13.2. The molecule has 1 rings (SSSR count). The maximum Gasteiger partial charge on any atom is 0.126 e. The van der Waals surface area contributed by atoms with Crippen molar-refractivity contribution in [3.63, 3.8) is 0 Å². The molecule has 0 bridgehead atoms. The van der Waals surface area contributed by atoms with Gasteiger partial charge in [-0.1, -0.05) is 90.8 Å². The first-order valence-electron chi connectivity index (χ1n) is 10.8. The number of benzene rings is 1. The fourth-order valence-corrected chi connectivity index (χ4v) is 2.65. The lowest BCUT2D eigenvalue weighted by molar-refractivity contribution is 0.394. The first-order chi connectivity index (χ1) is 12.4. The normalized spacial score (nSPS) is 9.52. The lowest BCUT2D eigenvalue weighted by atomic mass is 9.90. The van der Waals surface area contributed by atoms with Gasteiger partial charge >= 0.3 is 0 Å². The highest BCUT2D eigenvalue weighted by Gasteiger charge is 2.09. The van der Waals surface area contributed by atoms with Crippen LogP contribution in [0.25, 0.3) is 0 Å². The summed E-state index contributed by atoms with van der Waals surface area (Å²) in [5, 5.41) is 0. The van der Waals surface area contributed by atoms with Crippen LogP contribution in [0, 0.1) is 18.7 Å². The number of aryl methyl sites for hydroxylation is 2. The van der Waals surface area contributed by atoms with Crippen molar-refractivity contribution in [3.05, 3.63) is 47.3 Å². The van der Waals surface area contributed by atoms with Crippen molar-refractivity contribution < 1.29 is 9.87 Å². The highest BCUT2D eigenvalue weighted by Crippen LogP contribution is 2.22. The van der Waals surface area contributed by atoms with Gasteiger partial charge < -0.3 is 5.48 Å². The van der Waals surface area contributed by atoms with Crippen LogP contribution in [-0.2, 0) is 6.42 Å². The summed E-state index contributed by atoms with van der Waals surface area (Å²) >= 11 is 0. The summed E-state index contributed by atoms with van der Waals surface area (Å²) in [6.45, 7) is 18.2. The second-order valence-corrected chi connectivity index (χ2v) is 7.08. The van der Waals surface area contributed by atoms with Gasteiger partial charge in [0.25, 0.3) is 0 Å². The molecule has 0 aliphatic rings. The third kappa shape index (κ3) is 18.0. The molecule has 0 atom stereocenters. The number of hydrogen-bond donors (Lipinski definition) is 0. The largest absolute Gasteiger partial charge is 0.412 e. The van der Waals surface area contributed by atoms with Crippen molar-refractivity contribution in [2.75, 3.05) is 0 Å². The average molecular weight is 383 g/mol. The zero-order valence-corrected chi connectivity index (χ0v) is 19.3. The molecule has 0 heterocycles. The summed E-state index contributed by atoms with van der Waals surface area (Å²) in [4.78, 5) is 0. The van der Waals surface area contributed by atoms with Gasteiger partial charge in [-0.2, -0.15) is 0 Å². The first-order valence-corrected chi connectivity index (χ1v) is 10.8. The predicted molar refractivity (Wildman–Crippen MR) is 122 cm³/mol. The Labute approximate surface area is 169 Å². The van der Waals surface area contributed by atoms with Gasteiger partial charge in [-0.3, -0.25) is 0 Å². The number of rotatable bonds is 10. The van der Waals surface area contributed by atoms with Crippen molar-refractivity contribution in [1.82, 2.24) is 0 Å². The second kappa shape index (κ2) is 21.2. The zero-order valence-electron chi connectivity index (χ0n) is 19.3. The van der Waals surface area contributed by atoms with E-state index in [0.717, 1.165) is 24.3 Å². The molecule has 0 saturated heterocycles. The minimum Gasteiger partial charge on any atom is -0.412 e. The molecule has 1 aromatic carbocycles. The molecule has 1 nitrogen and oxygen atoms in total. The first kappa shape index (κ1) is 30.6. The van der Waals surface area contributed by atoms with Gasteiger partial charge in [-0.05, 0) is 56.2 Å². The molecule has 0 unspecified atom stereocenters. The lowest BCUT2D eigenvalue weighted by Crippen LogP contribution is -2.03. The molecule has 0 amide bonds. The molecule has 27 heavy (non-hydrogen) atoms. The molecule has 0 aliphatic heterocycles. The summed E-state index contributed by atoms with van der Waals surface area (Å²) in [7, 11) is 0. The zero-order chi connectivity index (χ0) is 20.4. The highest BCUT2D eigenvalue weighted by molar-refractivity contribution is 5.23. The van der Waals surface area contributed by atoms with Gasteiger partial charge in [-0.25, -0.2) is 4.39 Å². The Morgan fingerprint density at radius 1 is 1.00 bits per heavy atom. The number of hydrogen-bond acceptors (Lipinski definition) is 0. The Bertz CT molecular complexity index is 446. The van der Waals surface area contributed by atoms with Crippen LogP contribution >= 0.6 is 0 Å². The molecule has 160 valence electrons. The Morgan fingerprint density at radius 2 is 1.48 bits per heavy atom. The van der Waals surface area contributed by atoms with Gasteiger partial charge in [0.15, 0.2) is 0 Å². The topological polar surface area (TPSA) is 31.5 Å². The molecular weight excluding hydrogens is 335 g/mol. The van der Waals surface area contributed by atoms with Crippen molar-refractivity contribution in [2.24, 2.45) is 5.92 Å². The third-order valence-electron chi connectivity index (χ3n) is 4.60. The van der Waals surface area contributed by atoms with Crippen LogP contribution in [0.1, 0.15) is 104 Å². The molecule has 0 saturated carbocycles. The molecule has 0 radical (unpaired) electrons. The van der Waals surface area contributed by atoms with E-state index in [1.54, 1.807) is 6.07 Å². The monoisotopic (exact) mass is 382 g/mol. The van der Waals surface area contributed by atoms with E-state index >= 15 is 0 Å². The maximum atomic E-state index is 13.2. The fourth-order valence-electron chi connectivity index (χ4n) is 2.65. The number of unbranched alkanes of at least 4 members (excludes halogenated alkanes) is 2. The molecule has 2 heteroatoms. The van der Waals surface area contributed by atoms with Crippen LogP contribution in [0.15, 0.2) is 30.4 Å². The second-order valence-electron chi connectivity index (χ2n) is 7.08. The Balaban J connectivity index is -0.000000623. The lowest BCUT2D eigenvalue weighted by Gasteiger charge is -2.16. The van der Waals surface area contributed by atoms with Crippen molar-refractivity contribution in [3.8, 4) is 0 Å². The van der Waals surface area contributed by atoms with Gasteiger partial charge in [0, 0.05) is 0 Å². The molecule has 0 aliphatic carbocycles. The molecular formula is C25H47FO. The van der Waals surface area contributed by atoms with E-state index in [1.807, 2.05) is 39.8 Å². The molecule has 2 N–H and O–H groups in total. The van der Waals surface area contributed by atoms with E-state index in [4.69, 9.17) is 0 Å². The van der Waals surface area contributed by atoms with Crippen LogP contribution in [-0.4, -0.2) is 5.48 Å². The van der Waals surface area contributed by atoms with E-state index in [9.17, 15) is 4.39 Å². The summed E-state index contributed by atoms with van der Waals surface area (Å²) in [5.74, 6) is 0.766. The number of halogens is 1. The third-order valence-corrected chi connectivity index (χ3v) is 4.60. The standard InChI is InChI=1S/C18H29F.C5H10.C2H6.H2O/c1-4-6-8-16(9-7-5-2)10-11-17-12-13-18(19)15(3)14-17;1-4-5(2)3;1-2;/h12-14,16H,4-11H2,1-3H3;2,4H2,1,3H3;1-2H3;1H2. The minimum absolute atomic E-state index is 0. The molecule has 0 fully saturated rings. The van der Waals surface area contributed by atoms with E-state index < -0.39 is 0 Å². The van der Waals surface area contributed by atoms with Crippen LogP contribution in [0.5, 0.6) is 0 Å². The Morgan fingerprint density at radius 3 is 1.85 bits per heavy atom. The molecule has 0 aromatic heterocycles. The van der Waals surface area contributed by atoms with Crippen LogP contribution in [0.3, 0.4) is 0 Å². The van der Waals surface area contributed by atoms with Gasteiger partial charge in [0.1, 0.15) is 5.82 Å².